The number of nitrogens with one attached hydrogen (secondary N) is 2. The quantitative estimate of drug-likeness (QED) is 0.339. The Morgan fingerprint density at radius 3 is 2.41 bits per heavy atom. The highest BCUT2D eigenvalue weighted by Crippen LogP contribution is 2.19. The number of para-hydroxylation sites is 1. The van der Waals surface area contributed by atoms with Gasteiger partial charge in [-0.2, -0.15) is 0 Å². The maximum atomic E-state index is 12.6. The highest BCUT2D eigenvalue weighted by molar-refractivity contribution is 14.0. The van der Waals surface area contributed by atoms with Gasteiger partial charge in [0.15, 0.2) is 5.96 Å². The third kappa shape index (κ3) is 6.37. The predicted molar refractivity (Wildman–Crippen MR) is 142 cm³/mol. The molecule has 1 atom stereocenters. The summed E-state index contributed by atoms with van der Waals surface area (Å²) >= 11 is 0. The molecule has 2 heterocycles. The maximum absolute atomic E-state index is 12.6. The number of guanidine groups is 1. The number of piperidine rings is 1. The van der Waals surface area contributed by atoms with Gasteiger partial charge >= 0.3 is 0 Å². The maximum Gasteiger partial charge on any atom is 0.253 e. The second-order valence-electron chi connectivity index (χ2n) is 8.39. The Morgan fingerprint density at radius 1 is 1.00 bits per heavy atom. The van der Waals surface area contributed by atoms with Gasteiger partial charge in [-0.05, 0) is 55.5 Å². The van der Waals surface area contributed by atoms with Gasteiger partial charge in [-0.3, -0.25) is 9.79 Å². The lowest BCUT2D eigenvalue weighted by Crippen LogP contribution is -2.44. The van der Waals surface area contributed by atoms with E-state index in [4.69, 9.17) is 0 Å². The van der Waals surface area contributed by atoms with E-state index in [-0.39, 0.29) is 29.9 Å². The molecule has 1 unspecified atom stereocenters. The molecule has 32 heavy (non-hydrogen) atoms. The lowest BCUT2D eigenvalue weighted by molar-refractivity contribution is 0.0724. The third-order valence-electron chi connectivity index (χ3n) is 6.18. The fourth-order valence-corrected chi connectivity index (χ4v) is 4.37. The average molecular weight is 547 g/mol. The monoisotopic (exact) mass is 547 g/mol. The number of carbonyl (C=O) groups excluding carboxylic acids is 1. The Hall–Kier alpha value is -2.29. The van der Waals surface area contributed by atoms with Crippen LogP contribution in [0.3, 0.4) is 0 Å². The molecule has 0 aromatic heterocycles. The molecular weight excluding hydrogens is 513 g/mol. The summed E-state index contributed by atoms with van der Waals surface area (Å²) in [6, 6.07) is 18.9. The van der Waals surface area contributed by atoms with Crippen molar-refractivity contribution in [2.75, 3.05) is 38.1 Å². The number of carbonyl (C=O) groups is 1. The molecule has 6 nitrogen and oxygen atoms in total. The SMILES string of the molecule is CN=C(NCc1ccc(C(=O)N2CCCCC2)cc1)NC1CCN(c2ccccc2)C1.I. The number of halogens is 1. The normalized spacial score (nSPS) is 18.8. The molecule has 2 N–H and O–H groups in total. The first-order valence-corrected chi connectivity index (χ1v) is 11.4. The summed E-state index contributed by atoms with van der Waals surface area (Å²) < 4.78 is 0. The fraction of sp³-hybridized carbons (Fsp3) is 0.440. The van der Waals surface area contributed by atoms with Gasteiger partial charge in [-0.15, -0.1) is 24.0 Å². The number of nitrogens with zero attached hydrogens (tertiary/aromatic N) is 3. The number of anilines is 1. The topological polar surface area (TPSA) is 60.0 Å². The van der Waals surface area contributed by atoms with Crippen molar-refractivity contribution in [3.8, 4) is 0 Å². The molecule has 0 aliphatic carbocycles. The van der Waals surface area contributed by atoms with E-state index in [0.29, 0.717) is 12.6 Å². The van der Waals surface area contributed by atoms with E-state index in [2.05, 4.69) is 50.9 Å². The van der Waals surface area contributed by atoms with Gasteiger partial charge in [-0.1, -0.05) is 30.3 Å². The summed E-state index contributed by atoms with van der Waals surface area (Å²) in [5.74, 6) is 0.967. The van der Waals surface area contributed by atoms with Gasteiger partial charge in [0.2, 0.25) is 0 Å². The van der Waals surface area contributed by atoms with Crippen LogP contribution in [0.25, 0.3) is 0 Å². The second-order valence-corrected chi connectivity index (χ2v) is 8.39. The summed E-state index contributed by atoms with van der Waals surface area (Å²) in [6.07, 6.45) is 4.55. The molecule has 0 saturated carbocycles. The van der Waals surface area contributed by atoms with Crippen LogP contribution in [0.15, 0.2) is 59.6 Å². The molecule has 0 bridgehead atoms. The zero-order valence-electron chi connectivity index (χ0n) is 18.8. The lowest BCUT2D eigenvalue weighted by Gasteiger charge is -2.26. The minimum Gasteiger partial charge on any atom is -0.369 e. The number of amides is 1. The van der Waals surface area contributed by atoms with Gasteiger partial charge in [0.05, 0.1) is 0 Å². The van der Waals surface area contributed by atoms with Gasteiger partial charge in [-0.25, -0.2) is 0 Å². The molecule has 0 radical (unpaired) electrons. The van der Waals surface area contributed by atoms with Crippen LogP contribution < -0.4 is 15.5 Å². The molecule has 2 aliphatic rings. The fourth-order valence-electron chi connectivity index (χ4n) is 4.37. The molecule has 2 aliphatic heterocycles. The Labute approximate surface area is 208 Å². The number of benzene rings is 2. The highest BCUT2D eigenvalue weighted by Gasteiger charge is 2.23. The van der Waals surface area contributed by atoms with Crippen LogP contribution in [0, 0.1) is 0 Å². The molecule has 2 fully saturated rings. The van der Waals surface area contributed by atoms with Crippen molar-refractivity contribution in [3.05, 3.63) is 65.7 Å². The van der Waals surface area contributed by atoms with E-state index >= 15 is 0 Å². The van der Waals surface area contributed by atoms with E-state index < -0.39 is 0 Å². The average Bonchev–Trinajstić information content (AvgIpc) is 3.31. The Bertz CT molecular complexity index is 881. The van der Waals surface area contributed by atoms with Crippen molar-refractivity contribution in [2.24, 2.45) is 4.99 Å². The van der Waals surface area contributed by atoms with E-state index in [1.807, 2.05) is 29.2 Å². The number of hydrogen-bond acceptors (Lipinski definition) is 3. The van der Waals surface area contributed by atoms with Crippen molar-refractivity contribution in [3.63, 3.8) is 0 Å². The molecule has 7 heteroatoms. The zero-order chi connectivity index (χ0) is 21.5. The molecule has 2 aromatic rings. The Kier molecular flexibility index (Phi) is 9.20. The first-order chi connectivity index (χ1) is 15.2. The molecule has 0 spiro atoms. The van der Waals surface area contributed by atoms with E-state index in [1.165, 1.54) is 12.1 Å². The van der Waals surface area contributed by atoms with Crippen LogP contribution in [0.1, 0.15) is 41.6 Å². The largest absolute Gasteiger partial charge is 0.369 e. The first-order valence-electron chi connectivity index (χ1n) is 11.4. The second kappa shape index (κ2) is 12.1. The van der Waals surface area contributed by atoms with E-state index in [9.17, 15) is 4.79 Å². The van der Waals surface area contributed by atoms with Gasteiger partial charge in [0.25, 0.3) is 5.91 Å². The predicted octanol–water partition coefficient (Wildman–Crippen LogP) is 3.87. The molecule has 2 aromatic carbocycles. The number of aliphatic imine (C=N–C) groups is 1. The molecule has 4 rings (SSSR count). The van der Waals surface area contributed by atoms with Crippen LogP contribution in [0.5, 0.6) is 0 Å². The summed E-state index contributed by atoms with van der Waals surface area (Å²) in [6.45, 7) is 4.45. The van der Waals surface area contributed by atoms with Crippen LogP contribution in [0.4, 0.5) is 5.69 Å². The van der Waals surface area contributed by atoms with Crippen molar-refractivity contribution in [2.45, 2.75) is 38.3 Å². The van der Waals surface area contributed by atoms with Crippen LogP contribution in [0.2, 0.25) is 0 Å². The molecule has 1 amide bonds. The Balaban J connectivity index is 0.00000289. The van der Waals surface area contributed by atoms with Crippen molar-refractivity contribution in [1.82, 2.24) is 15.5 Å². The number of hydrogen-bond donors (Lipinski definition) is 2. The minimum absolute atomic E-state index is 0. The standard InChI is InChI=1S/C25H33N5O.HI/c1-26-25(28-22-14-17-30(19-22)23-8-4-2-5-9-23)27-18-20-10-12-21(13-11-20)24(31)29-15-6-3-7-16-29;/h2,4-5,8-13,22H,3,6-7,14-19H2,1H3,(H2,26,27,28);1H. The summed E-state index contributed by atoms with van der Waals surface area (Å²) in [7, 11) is 1.81. The van der Waals surface area contributed by atoms with Crippen LogP contribution in [-0.2, 0) is 6.54 Å². The Morgan fingerprint density at radius 2 is 1.72 bits per heavy atom. The van der Waals surface area contributed by atoms with E-state index in [1.54, 1.807) is 7.05 Å². The molecule has 172 valence electrons. The summed E-state index contributed by atoms with van der Waals surface area (Å²) in [4.78, 5) is 21.4. The smallest absolute Gasteiger partial charge is 0.253 e. The van der Waals surface area contributed by atoms with Crippen molar-refractivity contribution in [1.29, 1.82) is 0 Å². The number of rotatable bonds is 5. The summed E-state index contributed by atoms with van der Waals surface area (Å²) in [5, 5.41) is 6.95. The lowest BCUT2D eigenvalue weighted by atomic mass is 10.1. The van der Waals surface area contributed by atoms with Crippen molar-refractivity contribution < 1.29 is 4.79 Å². The first kappa shape index (κ1) is 24.4. The van der Waals surface area contributed by atoms with Crippen molar-refractivity contribution >= 4 is 41.5 Å². The minimum atomic E-state index is 0. The third-order valence-corrected chi connectivity index (χ3v) is 6.18. The molecular formula is C25H34IN5O. The van der Waals surface area contributed by atoms with Crippen LogP contribution >= 0.6 is 24.0 Å². The van der Waals surface area contributed by atoms with Crippen LogP contribution in [-0.4, -0.2) is 56.0 Å². The van der Waals surface area contributed by atoms with Gasteiger partial charge in [0, 0.05) is 57.1 Å². The molecule has 2 saturated heterocycles. The van der Waals surface area contributed by atoms with Gasteiger partial charge < -0.3 is 20.4 Å². The summed E-state index contributed by atoms with van der Waals surface area (Å²) in [5.41, 5.74) is 3.18. The number of likely N-dealkylation sites (tertiary alicyclic amines) is 1. The zero-order valence-corrected chi connectivity index (χ0v) is 21.1. The van der Waals surface area contributed by atoms with E-state index in [0.717, 1.165) is 62.5 Å². The van der Waals surface area contributed by atoms with Gasteiger partial charge in [0.1, 0.15) is 0 Å². The highest BCUT2D eigenvalue weighted by atomic mass is 127.